The van der Waals surface area contributed by atoms with Gasteiger partial charge in [-0.25, -0.2) is 8.42 Å². The van der Waals surface area contributed by atoms with Crippen LogP contribution in [0.15, 0.2) is 24.3 Å². The molecule has 0 aromatic heterocycles. The highest BCUT2D eigenvalue weighted by molar-refractivity contribution is 7.91. The molecule has 1 heterocycles. The summed E-state index contributed by atoms with van der Waals surface area (Å²) in [6, 6.07) is 8.33. The molecule has 0 amide bonds. The summed E-state index contributed by atoms with van der Waals surface area (Å²) in [6.45, 7) is 3.50. The molecule has 1 atom stereocenters. The van der Waals surface area contributed by atoms with Crippen molar-refractivity contribution in [3.8, 4) is 0 Å². The van der Waals surface area contributed by atoms with Gasteiger partial charge in [0.25, 0.3) is 0 Å². The molecule has 1 aromatic carbocycles. The van der Waals surface area contributed by atoms with Crippen LogP contribution in [-0.2, 0) is 9.84 Å². The molecule has 1 aliphatic rings. The molecule has 5 heteroatoms. The second kappa shape index (κ2) is 5.92. The Kier molecular flexibility index (Phi) is 4.47. The molecule has 1 aromatic rings. The van der Waals surface area contributed by atoms with Gasteiger partial charge >= 0.3 is 0 Å². The summed E-state index contributed by atoms with van der Waals surface area (Å²) in [6.07, 6.45) is 1.60. The van der Waals surface area contributed by atoms with Gasteiger partial charge in [0.15, 0.2) is 9.84 Å². The van der Waals surface area contributed by atoms with E-state index in [9.17, 15) is 8.42 Å². The largest absolute Gasteiger partial charge is 0.367 e. The zero-order valence-corrected chi connectivity index (χ0v) is 12.2. The fourth-order valence-electron chi connectivity index (χ4n) is 2.61. The number of rotatable bonds is 5. The molecule has 106 valence electrons. The van der Waals surface area contributed by atoms with Crippen LogP contribution >= 0.6 is 0 Å². The molecule has 4 nitrogen and oxygen atoms in total. The van der Waals surface area contributed by atoms with Gasteiger partial charge in [0.2, 0.25) is 0 Å². The molecule has 2 rings (SSSR count). The van der Waals surface area contributed by atoms with Gasteiger partial charge in [0, 0.05) is 18.3 Å². The fourth-order valence-corrected chi connectivity index (χ4v) is 4.34. The first-order chi connectivity index (χ1) is 9.02. The minimum atomic E-state index is -2.86. The highest BCUT2D eigenvalue weighted by atomic mass is 32.2. The smallest absolute Gasteiger partial charge is 0.152 e. The van der Waals surface area contributed by atoms with Crippen molar-refractivity contribution >= 4 is 15.5 Å². The number of hydrogen-bond acceptors (Lipinski definition) is 4. The van der Waals surface area contributed by atoms with Crippen molar-refractivity contribution in [2.45, 2.75) is 25.8 Å². The maximum atomic E-state index is 11.7. The number of anilines is 1. The number of hydrogen-bond donors (Lipinski definition) is 1. The molecule has 1 saturated heterocycles. The molecule has 2 N–H and O–H groups in total. The Morgan fingerprint density at radius 1 is 1.42 bits per heavy atom. The van der Waals surface area contributed by atoms with Gasteiger partial charge in [-0.2, -0.15) is 0 Å². The maximum absolute atomic E-state index is 11.7. The molecular formula is C14H22N2O2S. The highest BCUT2D eigenvalue weighted by Gasteiger charge is 2.32. The first-order valence-corrected chi connectivity index (χ1v) is 8.58. The van der Waals surface area contributed by atoms with E-state index in [-0.39, 0.29) is 11.8 Å². The standard InChI is InChI=1S/C14H22N2O2S/c1-12-4-2-5-13(10-12)16(8-3-7-15)14-6-9-19(17,18)11-14/h2,4-5,10,14H,3,6-9,11,15H2,1H3. The van der Waals surface area contributed by atoms with Crippen molar-refractivity contribution in [1.29, 1.82) is 0 Å². The lowest BCUT2D eigenvalue weighted by molar-refractivity contribution is 0.597. The van der Waals surface area contributed by atoms with Gasteiger partial charge in [-0.3, -0.25) is 0 Å². The van der Waals surface area contributed by atoms with Gasteiger partial charge in [-0.15, -0.1) is 0 Å². The Bertz CT molecular complexity index is 528. The molecule has 19 heavy (non-hydrogen) atoms. The van der Waals surface area contributed by atoms with E-state index in [1.165, 1.54) is 5.56 Å². The van der Waals surface area contributed by atoms with Crippen molar-refractivity contribution in [2.75, 3.05) is 29.5 Å². The van der Waals surface area contributed by atoms with Gasteiger partial charge in [-0.05, 0) is 44.0 Å². The van der Waals surface area contributed by atoms with Gasteiger partial charge in [0.1, 0.15) is 0 Å². The zero-order valence-electron chi connectivity index (χ0n) is 11.4. The number of benzene rings is 1. The van der Waals surface area contributed by atoms with E-state index in [4.69, 9.17) is 5.73 Å². The first kappa shape index (κ1) is 14.3. The second-order valence-corrected chi connectivity index (χ2v) is 7.46. The summed E-state index contributed by atoms with van der Waals surface area (Å²) in [7, 11) is -2.86. The molecule has 0 spiro atoms. The molecular weight excluding hydrogens is 260 g/mol. The molecule has 0 saturated carbocycles. The third kappa shape index (κ3) is 3.70. The number of nitrogens with zero attached hydrogens (tertiary/aromatic N) is 1. The van der Waals surface area contributed by atoms with Crippen LogP contribution in [0, 0.1) is 6.92 Å². The lowest BCUT2D eigenvalue weighted by atomic mass is 10.1. The minimum Gasteiger partial charge on any atom is -0.367 e. The third-order valence-corrected chi connectivity index (χ3v) is 5.34. The lowest BCUT2D eigenvalue weighted by Crippen LogP contribution is -2.37. The van der Waals surface area contributed by atoms with Crippen molar-refractivity contribution in [2.24, 2.45) is 5.73 Å². The summed E-state index contributed by atoms with van der Waals surface area (Å²) >= 11 is 0. The molecule has 1 aliphatic heterocycles. The van der Waals surface area contributed by atoms with Crippen LogP contribution in [0.4, 0.5) is 5.69 Å². The maximum Gasteiger partial charge on any atom is 0.152 e. The van der Waals surface area contributed by atoms with Crippen LogP contribution < -0.4 is 10.6 Å². The third-order valence-electron chi connectivity index (χ3n) is 3.59. The summed E-state index contributed by atoms with van der Waals surface area (Å²) in [5.41, 5.74) is 7.89. The van der Waals surface area contributed by atoms with Gasteiger partial charge < -0.3 is 10.6 Å². The van der Waals surface area contributed by atoms with Gasteiger partial charge in [-0.1, -0.05) is 12.1 Å². The Balaban J connectivity index is 2.21. The van der Waals surface area contributed by atoms with Crippen LogP contribution in [0.25, 0.3) is 0 Å². The molecule has 0 bridgehead atoms. The average molecular weight is 282 g/mol. The van der Waals surface area contributed by atoms with Crippen LogP contribution in [-0.4, -0.2) is 39.1 Å². The number of aryl methyl sites for hydroxylation is 1. The monoisotopic (exact) mass is 282 g/mol. The molecule has 0 radical (unpaired) electrons. The molecule has 1 fully saturated rings. The van der Waals surface area contributed by atoms with Crippen molar-refractivity contribution in [3.63, 3.8) is 0 Å². The van der Waals surface area contributed by atoms with Crippen LogP contribution in [0.2, 0.25) is 0 Å². The first-order valence-electron chi connectivity index (χ1n) is 6.75. The van der Waals surface area contributed by atoms with Crippen molar-refractivity contribution in [1.82, 2.24) is 0 Å². The average Bonchev–Trinajstić information content (AvgIpc) is 2.70. The van der Waals surface area contributed by atoms with E-state index >= 15 is 0 Å². The van der Waals surface area contributed by atoms with Crippen LogP contribution in [0.5, 0.6) is 0 Å². The quantitative estimate of drug-likeness (QED) is 0.885. The predicted molar refractivity (Wildman–Crippen MR) is 79.3 cm³/mol. The lowest BCUT2D eigenvalue weighted by Gasteiger charge is -2.30. The Labute approximate surface area is 115 Å². The normalized spacial score (nSPS) is 21.5. The predicted octanol–water partition coefficient (Wildman–Crippen LogP) is 1.34. The SMILES string of the molecule is Cc1cccc(N(CCCN)C2CCS(=O)(=O)C2)c1. The van der Waals surface area contributed by atoms with E-state index in [0.29, 0.717) is 12.3 Å². The summed E-state index contributed by atoms with van der Waals surface area (Å²) < 4.78 is 23.3. The summed E-state index contributed by atoms with van der Waals surface area (Å²) in [5.74, 6) is 0.578. The van der Waals surface area contributed by atoms with E-state index in [1.54, 1.807) is 0 Å². The van der Waals surface area contributed by atoms with E-state index < -0.39 is 9.84 Å². The van der Waals surface area contributed by atoms with E-state index in [0.717, 1.165) is 25.1 Å². The van der Waals surface area contributed by atoms with Crippen LogP contribution in [0.1, 0.15) is 18.4 Å². The second-order valence-electron chi connectivity index (χ2n) is 5.23. The fraction of sp³-hybridized carbons (Fsp3) is 0.571. The highest BCUT2D eigenvalue weighted by Crippen LogP contribution is 2.25. The summed E-state index contributed by atoms with van der Waals surface area (Å²) in [5, 5.41) is 0. The van der Waals surface area contributed by atoms with E-state index in [1.807, 2.05) is 6.07 Å². The Hall–Kier alpha value is -1.07. The summed E-state index contributed by atoms with van der Waals surface area (Å²) in [4.78, 5) is 2.21. The van der Waals surface area contributed by atoms with Gasteiger partial charge in [0.05, 0.1) is 11.5 Å². The van der Waals surface area contributed by atoms with Crippen molar-refractivity contribution < 1.29 is 8.42 Å². The Morgan fingerprint density at radius 3 is 2.79 bits per heavy atom. The Morgan fingerprint density at radius 2 is 2.21 bits per heavy atom. The molecule has 1 unspecified atom stereocenters. The van der Waals surface area contributed by atoms with E-state index in [2.05, 4.69) is 30.0 Å². The topological polar surface area (TPSA) is 63.4 Å². The molecule has 0 aliphatic carbocycles. The van der Waals surface area contributed by atoms with Crippen LogP contribution in [0.3, 0.4) is 0 Å². The zero-order chi connectivity index (χ0) is 13.9. The number of nitrogens with two attached hydrogens (primary N) is 1. The number of sulfone groups is 1. The minimum absolute atomic E-state index is 0.0957. The van der Waals surface area contributed by atoms with Crippen molar-refractivity contribution in [3.05, 3.63) is 29.8 Å².